The van der Waals surface area contributed by atoms with E-state index in [4.69, 9.17) is 0 Å². The largest absolute Gasteiger partial charge is 0.508 e. The number of aromatic hydroxyl groups is 1. The molecule has 0 aromatic heterocycles. The minimum absolute atomic E-state index is 0.0806. The van der Waals surface area contributed by atoms with Crippen molar-refractivity contribution in [2.45, 2.75) is 20.3 Å². The molecule has 2 aromatic rings. The summed E-state index contributed by atoms with van der Waals surface area (Å²) >= 11 is 0. The van der Waals surface area contributed by atoms with Crippen molar-refractivity contribution in [2.24, 2.45) is 0 Å². The summed E-state index contributed by atoms with van der Waals surface area (Å²) in [6.07, 6.45) is 0.252. The molecule has 0 saturated carbocycles. The van der Waals surface area contributed by atoms with Crippen LogP contribution >= 0.6 is 0 Å². The van der Waals surface area contributed by atoms with Crippen molar-refractivity contribution in [3.63, 3.8) is 0 Å². The first-order valence-corrected chi connectivity index (χ1v) is 6.20. The molecular weight excluding hydrogens is 238 g/mol. The monoisotopic (exact) mass is 255 g/mol. The maximum Gasteiger partial charge on any atom is 0.228 e. The number of phenols is 1. The molecule has 0 heterocycles. The molecule has 0 radical (unpaired) electrons. The average Bonchev–Trinajstić information content (AvgIpc) is 2.34. The molecule has 2 N–H and O–H groups in total. The first kappa shape index (κ1) is 13.1. The van der Waals surface area contributed by atoms with Crippen LogP contribution in [0.4, 0.5) is 5.69 Å². The maximum absolute atomic E-state index is 12.0. The van der Waals surface area contributed by atoms with E-state index in [9.17, 15) is 9.90 Å². The Bertz CT molecular complexity index is 585. The van der Waals surface area contributed by atoms with Crippen LogP contribution in [-0.4, -0.2) is 11.0 Å². The Morgan fingerprint density at radius 3 is 2.37 bits per heavy atom. The second-order valence-corrected chi connectivity index (χ2v) is 4.66. The summed E-state index contributed by atoms with van der Waals surface area (Å²) in [4.78, 5) is 12.0. The predicted octanol–water partition coefficient (Wildman–Crippen LogP) is 3.19. The highest BCUT2D eigenvalue weighted by Gasteiger charge is 2.08. The third kappa shape index (κ3) is 3.35. The minimum atomic E-state index is -0.0806. The summed E-state index contributed by atoms with van der Waals surface area (Å²) in [5, 5.41) is 12.3. The first-order chi connectivity index (χ1) is 9.06. The Morgan fingerprint density at radius 1 is 1.11 bits per heavy atom. The van der Waals surface area contributed by atoms with E-state index in [-0.39, 0.29) is 18.1 Å². The highest BCUT2D eigenvalue weighted by molar-refractivity contribution is 5.93. The van der Waals surface area contributed by atoms with Gasteiger partial charge in [0.2, 0.25) is 5.91 Å². The van der Waals surface area contributed by atoms with Crippen LogP contribution in [0.25, 0.3) is 0 Å². The van der Waals surface area contributed by atoms with Gasteiger partial charge < -0.3 is 10.4 Å². The Kier molecular flexibility index (Phi) is 3.85. The Balaban J connectivity index is 2.10. The zero-order valence-corrected chi connectivity index (χ0v) is 11.1. The smallest absolute Gasteiger partial charge is 0.228 e. The predicted molar refractivity (Wildman–Crippen MR) is 76.4 cm³/mol. The third-order valence-electron chi connectivity index (χ3n) is 3.02. The van der Waals surface area contributed by atoms with Gasteiger partial charge in [0.25, 0.3) is 0 Å². The number of hydrogen-bond acceptors (Lipinski definition) is 2. The molecule has 19 heavy (non-hydrogen) atoms. The fraction of sp³-hybridized carbons (Fsp3) is 0.188. The fourth-order valence-electron chi connectivity index (χ4n) is 2.05. The van der Waals surface area contributed by atoms with Gasteiger partial charge in [-0.1, -0.05) is 30.3 Å². The molecule has 2 rings (SSSR count). The molecule has 0 aliphatic rings. The summed E-state index contributed by atoms with van der Waals surface area (Å²) in [6.45, 7) is 3.94. The summed E-state index contributed by atoms with van der Waals surface area (Å²) in [7, 11) is 0. The van der Waals surface area contributed by atoms with E-state index >= 15 is 0 Å². The van der Waals surface area contributed by atoms with Gasteiger partial charge in [0.15, 0.2) is 0 Å². The number of phenolic OH excluding ortho intramolecular Hbond substituents is 1. The van der Waals surface area contributed by atoms with E-state index in [1.807, 2.05) is 38.1 Å². The van der Waals surface area contributed by atoms with Gasteiger partial charge in [0, 0.05) is 5.69 Å². The number of benzene rings is 2. The first-order valence-electron chi connectivity index (χ1n) is 6.20. The standard InChI is InChI=1S/C16H17NO2/c1-11-5-3-6-12(2)16(11)17-15(19)10-13-7-4-8-14(18)9-13/h3-9,18H,10H2,1-2H3,(H,17,19). The van der Waals surface area contributed by atoms with Gasteiger partial charge in [-0.2, -0.15) is 0 Å². The van der Waals surface area contributed by atoms with Crippen LogP contribution in [0.1, 0.15) is 16.7 Å². The molecule has 0 atom stereocenters. The molecule has 0 unspecified atom stereocenters. The van der Waals surface area contributed by atoms with Crippen molar-refractivity contribution >= 4 is 11.6 Å². The summed E-state index contributed by atoms with van der Waals surface area (Å²) in [5.74, 6) is 0.0976. The highest BCUT2D eigenvalue weighted by atomic mass is 16.3. The van der Waals surface area contributed by atoms with Crippen LogP contribution in [0.15, 0.2) is 42.5 Å². The third-order valence-corrected chi connectivity index (χ3v) is 3.02. The van der Waals surface area contributed by atoms with E-state index in [1.165, 1.54) is 0 Å². The van der Waals surface area contributed by atoms with E-state index in [0.717, 1.165) is 22.4 Å². The van der Waals surface area contributed by atoms with Crippen molar-refractivity contribution in [1.29, 1.82) is 0 Å². The molecule has 0 bridgehead atoms. The minimum Gasteiger partial charge on any atom is -0.508 e. The SMILES string of the molecule is Cc1cccc(C)c1NC(=O)Cc1cccc(O)c1. The van der Waals surface area contributed by atoms with Gasteiger partial charge in [0.1, 0.15) is 5.75 Å². The number of nitrogens with one attached hydrogen (secondary N) is 1. The summed E-state index contributed by atoms with van der Waals surface area (Å²) in [5.41, 5.74) is 3.75. The molecule has 3 heteroatoms. The van der Waals surface area contributed by atoms with E-state index in [0.29, 0.717) is 0 Å². The van der Waals surface area contributed by atoms with Crippen molar-refractivity contribution in [3.8, 4) is 5.75 Å². The average molecular weight is 255 g/mol. The lowest BCUT2D eigenvalue weighted by atomic mass is 10.1. The van der Waals surface area contributed by atoms with Gasteiger partial charge in [-0.05, 0) is 42.7 Å². The lowest BCUT2D eigenvalue weighted by Crippen LogP contribution is -2.15. The number of hydrogen-bond donors (Lipinski definition) is 2. The molecule has 1 amide bonds. The van der Waals surface area contributed by atoms with Gasteiger partial charge in [0.05, 0.1) is 6.42 Å². The molecular formula is C16H17NO2. The second kappa shape index (κ2) is 5.57. The number of carbonyl (C=O) groups excluding carboxylic acids is 1. The summed E-state index contributed by atoms with van der Waals surface area (Å²) < 4.78 is 0. The van der Waals surface area contributed by atoms with Crippen LogP contribution in [0.3, 0.4) is 0 Å². The molecule has 0 saturated heterocycles. The number of carbonyl (C=O) groups is 1. The Morgan fingerprint density at radius 2 is 1.74 bits per heavy atom. The van der Waals surface area contributed by atoms with Gasteiger partial charge in [-0.25, -0.2) is 0 Å². The number of anilines is 1. The lowest BCUT2D eigenvalue weighted by molar-refractivity contribution is -0.115. The topological polar surface area (TPSA) is 49.3 Å². The molecule has 0 spiro atoms. The number of rotatable bonds is 3. The molecule has 0 aliphatic heterocycles. The van der Waals surface area contributed by atoms with Crippen molar-refractivity contribution in [2.75, 3.05) is 5.32 Å². The Hall–Kier alpha value is -2.29. The number of amides is 1. The van der Waals surface area contributed by atoms with Crippen molar-refractivity contribution < 1.29 is 9.90 Å². The second-order valence-electron chi connectivity index (χ2n) is 4.66. The normalized spacial score (nSPS) is 10.2. The maximum atomic E-state index is 12.0. The Labute approximate surface area is 112 Å². The van der Waals surface area contributed by atoms with Crippen LogP contribution in [0, 0.1) is 13.8 Å². The van der Waals surface area contributed by atoms with Gasteiger partial charge >= 0.3 is 0 Å². The molecule has 2 aromatic carbocycles. The fourth-order valence-corrected chi connectivity index (χ4v) is 2.05. The van der Waals surface area contributed by atoms with Crippen molar-refractivity contribution in [1.82, 2.24) is 0 Å². The van der Waals surface area contributed by atoms with Gasteiger partial charge in [-0.3, -0.25) is 4.79 Å². The molecule has 3 nitrogen and oxygen atoms in total. The van der Waals surface area contributed by atoms with Crippen LogP contribution in [0.2, 0.25) is 0 Å². The van der Waals surface area contributed by atoms with Crippen molar-refractivity contribution in [3.05, 3.63) is 59.2 Å². The zero-order chi connectivity index (χ0) is 13.8. The van der Waals surface area contributed by atoms with E-state index < -0.39 is 0 Å². The summed E-state index contributed by atoms with van der Waals surface area (Å²) in [6, 6.07) is 12.7. The van der Waals surface area contributed by atoms with E-state index in [1.54, 1.807) is 18.2 Å². The van der Waals surface area contributed by atoms with Gasteiger partial charge in [-0.15, -0.1) is 0 Å². The zero-order valence-electron chi connectivity index (χ0n) is 11.1. The quantitative estimate of drug-likeness (QED) is 0.885. The van der Waals surface area contributed by atoms with Crippen LogP contribution in [-0.2, 0) is 11.2 Å². The molecule has 0 fully saturated rings. The molecule has 98 valence electrons. The van der Waals surface area contributed by atoms with Crippen LogP contribution in [0.5, 0.6) is 5.75 Å². The highest BCUT2D eigenvalue weighted by Crippen LogP contribution is 2.20. The van der Waals surface area contributed by atoms with E-state index in [2.05, 4.69) is 5.32 Å². The number of aryl methyl sites for hydroxylation is 2. The molecule has 0 aliphatic carbocycles. The van der Waals surface area contributed by atoms with Crippen LogP contribution < -0.4 is 5.32 Å². The lowest BCUT2D eigenvalue weighted by Gasteiger charge is -2.11. The number of para-hydroxylation sites is 1.